The Kier molecular flexibility index (Phi) is 3.62. The first-order valence-corrected chi connectivity index (χ1v) is 5.70. The van der Waals surface area contributed by atoms with Crippen molar-refractivity contribution in [3.05, 3.63) is 34.9 Å². The molecule has 1 aromatic carbocycles. The Labute approximate surface area is 95.6 Å². The molecule has 1 unspecified atom stereocenters. The highest BCUT2D eigenvalue weighted by Gasteiger charge is 2.18. The lowest BCUT2D eigenvalue weighted by Crippen LogP contribution is -2.47. The molecule has 1 aliphatic heterocycles. The fourth-order valence-corrected chi connectivity index (χ4v) is 1.73. The summed E-state index contributed by atoms with van der Waals surface area (Å²) in [6.45, 7) is 4.92. The Morgan fingerprint density at radius 2 is 2.07 bits per heavy atom. The van der Waals surface area contributed by atoms with Crippen molar-refractivity contribution in [2.45, 2.75) is 18.9 Å². The van der Waals surface area contributed by atoms with Crippen molar-refractivity contribution in [1.82, 2.24) is 5.32 Å². The number of halogens is 1. The van der Waals surface area contributed by atoms with E-state index in [4.69, 9.17) is 16.3 Å². The molecule has 0 spiro atoms. The minimum atomic E-state index is 0.517. The zero-order chi connectivity index (χ0) is 10.7. The number of hydrogen-bond donors (Lipinski definition) is 1. The summed E-state index contributed by atoms with van der Waals surface area (Å²) < 4.78 is 5.11. The van der Waals surface area contributed by atoms with E-state index >= 15 is 0 Å². The highest BCUT2D eigenvalue weighted by molar-refractivity contribution is 6.30. The molecule has 1 heterocycles. The van der Waals surface area contributed by atoms with Crippen LogP contribution in [0.4, 0.5) is 0 Å². The average molecular weight is 226 g/mol. The van der Waals surface area contributed by atoms with Gasteiger partial charge in [-0.1, -0.05) is 30.7 Å². The molecule has 1 saturated heterocycles. The van der Waals surface area contributed by atoms with E-state index in [1.54, 1.807) is 0 Å². The first-order chi connectivity index (χ1) is 7.25. The van der Waals surface area contributed by atoms with Gasteiger partial charge in [0.2, 0.25) is 0 Å². The van der Waals surface area contributed by atoms with E-state index in [-0.39, 0.29) is 0 Å². The molecule has 0 aliphatic carbocycles. The zero-order valence-electron chi connectivity index (χ0n) is 8.87. The Bertz CT molecular complexity index is 308. The molecule has 3 heteroatoms. The Morgan fingerprint density at radius 3 is 2.60 bits per heavy atom. The lowest BCUT2D eigenvalue weighted by atomic mass is 10.0. The van der Waals surface area contributed by atoms with Crippen LogP contribution in [0.15, 0.2) is 24.3 Å². The predicted molar refractivity (Wildman–Crippen MR) is 62.5 cm³/mol. The summed E-state index contributed by atoms with van der Waals surface area (Å²) in [5.41, 5.74) is 1.33. The second kappa shape index (κ2) is 4.97. The van der Waals surface area contributed by atoms with Gasteiger partial charge in [-0.2, -0.15) is 0 Å². The van der Waals surface area contributed by atoms with Crippen LogP contribution in [0.2, 0.25) is 5.02 Å². The molecule has 1 aromatic rings. The largest absolute Gasteiger partial charge is 0.378 e. The Morgan fingerprint density at radius 1 is 1.40 bits per heavy atom. The van der Waals surface area contributed by atoms with Crippen LogP contribution in [-0.2, 0) is 4.74 Å². The van der Waals surface area contributed by atoms with E-state index in [0.717, 1.165) is 24.8 Å². The van der Waals surface area contributed by atoms with E-state index < -0.39 is 0 Å². The molecule has 1 atom stereocenters. The highest BCUT2D eigenvalue weighted by atomic mass is 35.5. The van der Waals surface area contributed by atoms with Gasteiger partial charge in [0.25, 0.3) is 0 Å². The van der Waals surface area contributed by atoms with Gasteiger partial charge in [-0.15, -0.1) is 0 Å². The van der Waals surface area contributed by atoms with Crippen LogP contribution < -0.4 is 5.32 Å². The number of ether oxygens (including phenoxy) is 1. The average Bonchev–Trinajstić information content (AvgIpc) is 2.16. The minimum absolute atomic E-state index is 0.517. The van der Waals surface area contributed by atoms with Gasteiger partial charge < -0.3 is 10.1 Å². The predicted octanol–water partition coefficient (Wildman–Crippen LogP) is 2.43. The number of rotatable bonds is 4. The maximum absolute atomic E-state index is 5.84. The zero-order valence-corrected chi connectivity index (χ0v) is 9.63. The van der Waals surface area contributed by atoms with Gasteiger partial charge in [-0.05, 0) is 23.6 Å². The maximum atomic E-state index is 5.84. The minimum Gasteiger partial charge on any atom is -0.378 e. The van der Waals surface area contributed by atoms with Crippen molar-refractivity contribution < 1.29 is 4.74 Å². The van der Waals surface area contributed by atoms with Gasteiger partial charge in [0.05, 0.1) is 19.3 Å². The molecule has 82 valence electrons. The van der Waals surface area contributed by atoms with E-state index in [9.17, 15) is 0 Å². The summed E-state index contributed by atoms with van der Waals surface area (Å²) in [6, 6.07) is 8.62. The summed E-state index contributed by atoms with van der Waals surface area (Å²) >= 11 is 5.84. The lowest BCUT2D eigenvalue weighted by Gasteiger charge is -2.28. The first kappa shape index (κ1) is 10.9. The monoisotopic (exact) mass is 225 g/mol. The van der Waals surface area contributed by atoms with Gasteiger partial charge in [0.15, 0.2) is 0 Å². The van der Waals surface area contributed by atoms with Crippen LogP contribution in [0.1, 0.15) is 18.4 Å². The Hall–Kier alpha value is -0.570. The molecule has 0 amide bonds. The first-order valence-electron chi connectivity index (χ1n) is 5.32. The SMILES string of the molecule is CC(CNC1COC1)c1ccc(Cl)cc1. The van der Waals surface area contributed by atoms with Crippen LogP contribution in [0.3, 0.4) is 0 Å². The second-order valence-electron chi connectivity index (χ2n) is 4.10. The van der Waals surface area contributed by atoms with Gasteiger partial charge in [0, 0.05) is 11.6 Å². The molecular formula is C12H16ClNO. The normalized spacial score (nSPS) is 18.5. The standard InChI is InChI=1S/C12H16ClNO/c1-9(6-14-12-7-15-8-12)10-2-4-11(13)5-3-10/h2-5,9,12,14H,6-8H2,1H3. The molecule has 15 heavy (non-hydrogen) atoms. The van der Waals surface area contributed by atoms with Gasteiger partial charge in [-0.25, -0.2) is 0 Å². The molecule has 0 aromatic heterocycles. The summed E-state index contributed by atoms with van der Waals surface area (Å²) in [4.78, 5) is 0. The van der Waals surface area contributed by atoms with Crippen LogP contribution >= 0.6 is 11.6 Å². The van der Waals surface area contributed by atoms with E-state index in [0.29, 0.717) is 12.0 Å². The van der Waals surface area contributed by atoms with Crippen molar-refractivity contribution in [2.75, 3.05) is 19.8 Å². The van der Waals surface area contributed by atoms with Crippen molar-refractivity contribution in [2.24, 2.45) is 0 Å². The van der Waals surface area contributed by atoms with Crippen LogP contribution in [0.5, 0.6) is 0 Å². The lowest BCUT2D eigenvalue weighted by molar-refractivity contribution is -0.00530. The molecule has 0 bridgehead atoms. The van der Waals surface area contributed by atoms with Crippen molar-refractivity contribution in [3.63, 3.8) is 0 Å². The molecule has 1 aliphatic rings. The smallest absolute Gasteiger partial charge is 0.0643 e. The van der Waals surface area contributed by atoms with Gasteiger partial charge >= 0.3 is 0 Å². The number of hydrogen-bond acceptors (Lipinski definition) is 2. The van der Waals surface area contributed by atoms with E-state index in [2.05, 4.69) is 24.4 Å². The van der Waals surface area contributed by atoms with Gasteiger partial charge in [0.1, 0.15) is 0 Å². The van der Waals surface area contributed by atoms with Crippen molar-refractivity contribution >= 4 is 11.6 Å². The van der Waals surface area contributed by atoms with E-state index in [1.807, 2.05) is 12.1 Å². The topological polar surface area (TPSA) is 21.3 Å². The molecule has 1 N–H and O–H groups in total. The molecule has 2 nitrogen and oxygen atoms in total. The second-order valence-corrected chi connectivity index (χ2v) is 4.53. The third-order valence-electron chi connectivity index (χ3n) is 2.79. The number of benzene rings is 1. The molecule has 0 radical (unpaired) electrons. The van der Waals surface area contributed by atoms with Gasteiger partial charge in [-0.3, -0.25) is 0 Å². The van der Waals surface area contributed by atoms with Crippen LogP contribution in [0, 0.1) is 0 Å². The fraction of sp³-hybridized carbons (Fsp3) is 0.500. The van der Waals surface area contributed by atoms with Crippen LogP contribution in [0.25, 0.3) is 0 Å². The molecular weight excluding hydrogens is 210 g/mol. The molecule has 1 fully saturated rings. The quantitative estimate of drug-likeness (QED) is 0.850. The van der Waals surface area contributed by atoms with E-state index in [1.165, 1.54) is 5.56 Å². The third kappa shape index (κ3) is 2.94. The Balaban J connectivity index is 1.83. The van der Waals surface area contributed by atoms with Crippen molar-refractivity contribution in [3.8, 4) is 0 Å². The fourth-order valence-electron chi connectivity index (χ4n) is 1.61. The highest BCUT2D eigenvalue weighted by Crippen LogP contribution is 2.17. The molecule has 2 rings (SSSR count). The third-order valence-corrected chi connectivity index (χ3v) is 3.04. The maximum Gasteiger partial charge on any atom is 0.0643 e. The van der Waals surface area contributed by atoms with Crippen LogP contribution in [-0.4, -0.2) is 25.8 Å². The molecule has 0 saturated carbocycles. The number of nitrogens with one attached hydrogen (secondary N) is 1. The summed E-state index contributed by atoms with van der Waals surface area (Å²) in [5, 5.41) is 4.27. The summed E-state index contributed by atoms with van der Waals surface area (Å²) in [5.74, 6) is 0.517. The summed E-state index contributed by atoms with van der Waals surface area (Å²) in [7, 11) is 0. The summed E-state index contributed by atoms with van der Waals surface area (Å²) in [6.07, 6.45) is 0. The van der Waals surface area contributed by atoms with Crippen molar-refractivity contribution in [1.29, 1.82) is 0 Å².